The number of hydrogen-bond acceptors (Lipinski definition) is 4. The fraction of sp³-hybridized carbons (Fsp3) is 0.0909. The molecule has 0 bridgehead atoms. The van der Waals surface area contributed by atoms with Crippen LogP contribution in [0.25, 0.3) is 11.3 Å². The molecule has 0 spiro atoms. The lowest BCUT2D eigenvalue weighted by Crippen LogP contribution is -1.94. The third-order valence-electron chi connectivity index (χ3n) is 2.55. The Balaban J connectivity index is 2.66. The molecule has 0 aliphatic rings. The van der Waals surface area contributed by atoms with E-state index in [9.17, 15) is 19.3 Å². The summed E-state index contributed by atoms with van der Waals surface area (Å²) in [5.74, 6) is -0.955. The van der Waals surface area contributed by atoms with Gasteiger partial charge in [0.2, 0.25) is 5.82 Å². The normalized spacial score (nSPS) is 10.5. The second-order valence-corrected chi connectivity index (χ2v) is 4.08. The molecule has 0 unspecified atom stereocenters. The lowest BCUT2D eigenvalue weighted by Gasteiger charge is -1.99. The van der Waals surface area contributed by atoms with Gasteiger partial charge in [0.1, 0.15) is 10.8 Å². The summed E-state index contributed by atoms with van der Waals surface area (Å²) in [6.07, 6.45) is 0.500. The maximum atomic E-state index is 13.2. The van der Waals surface area contributed by atoms with Gasteiger partial charge in [-0.2, -0.15) is 9.49 Å². The molecule has 2 rings (SSSR count). The summed E-state index contributed by atoms with van der Waals surface area (Å²) in [6, 6.07) is 3.26. The summed E-state index contributed by atoms with van der Waals surface area (Å²) >= 11 is 5.86. The standard InChI is InChI=1S/C11H7ClFN3O3/c1-15-11(12)7(5-17)10(14-15)6-2-3-8(13)9(4-6)16(18)19/h2-5H,1H3. The monoisotopic (exact) mass is 283 g/mol. The Kier molecular flexibility index (Phi) is 3.30. The number of rotatable bonds is 3. The molecule has 1 heterocycles. The zero-order chi connectivity index (χ0) is 14.2. The van der Waals surface area contributed by atoms with Gasteiger partial charge in [0.05, 0.1) is 10.5 Å². The van der Waals surface area contributed by atoms with E-state index in [1.54, 1.807) is 0 Å². The fourth-order valence-corrected chi connectivity index (χ4v) is 1.81. The first-order valence-electron chi connectivity index (χ1n) is 5.07. The number of nitro benzene ring substituents is 1. The Morgan fingerprint density at radius 1 is 1.53 bits per heavy atom. The first-order valence-corrected chi connectivity index (χ1v) is 5.45. The largest absolute Gasteiger partial charge is 0.305 e. The number of nitrogens with zero attached hydrogens (tertiary/aromatic N) is 3. The van der Waals surface area contributed by atoms with Crippen LogP contribution in [0.15, 0.2) is 18.2 Å². The first-order chi connectivity index (χ1) is 8.95. The van der Waals surface area contributed by atoms with Crippen molar-refractivity contribution in [2.45, 2.75) is 0 Å². The fourth-order valence-electron chi connectivity index (χ4n) is 1.64. The van der Waals surface area contributed by atoms with E-state index in [4.69, 9.17) is 11.6 Å². The number of benzene rings is 1. The van der Waals surface area contributed by atoms with Crippen LogP contribution < -0.4 is 0 Å². The summed E-state index contributed by atoms with van der Waals surface area (Å²) in [6.45, 7) is 0. The minimum Gasteiger partial charge on any atom is -0.298 e. The van der Waals surface area contributed by atoms with Crippen LogP contribution in [-0.2, 0) is 7.05 Å². The molecule has 0 radical (unpaired) electrons. The summed E-state index contributed by atoms with van der Waals surface area (Å²) in [4.78, 5) is 20.8. The van der Waals surface area contributed by atoms with Crippen molar-refractivity contribution in [2.24, 2.45) is 7.05 Å². The van der Waals surface area contributed by atoms with Gasteiger partial charge in [-0.05, 0) is 12.1 Å². The van der Waals surface area contributed by atoms with E-state index in [1.807, 2.05) is 0 Å². The zero-order valence-electron chi connectivity index (χ0n) is 9.63. The maximum absolute atomic E-state index is 13.2. The highest BCUT2D eigenvalue weighted by Gasteiger charge is 2.20. The van der Waals surface area contributed by atoms with Gasteiger partial charge >= 0.3 is 5.69 Å². The van der Waals surface area contributed by atoms with E-state index < -0.39 is 16.4 Å². The molecular weight excluding hydrogens is 277 g/mol. The Bertz CT molecular complexity index is 684. The maximum Gasteiger partial charge on any atom is 0.305 e. The van der Waals surface area contributed by atoms with E-state index in [0.717, 1.165) is 12.1 Å². The molecule has 2 aromatic rings. The van der Waals surface area contributed by atoms with Crippen LogP contribution in [0, 0.1) is 15.9 Å². The van der Waals surface area contributed by atoms with Crippen molar-refractivity contribution in [2.75, 3.05) is 0 Å². The molecule has 98 valence electrons. The molecule has 0 saturated carbocycles. The van der Waals surface area contributed by atoms with Crippen molar-refractivity contribution in [3.05, 3.63) is 44.8 Å². The molecule has 6 nitrogen and oxygen atoms in total. The van der Waals surface area contributed by atoms with E-state index in [2.05, 4.69) is 5.10 Å². The predicted molar refractivity (Wildman–Crippen MR) is 65.7 cm³/mol. The van der Waals surface area contributed by atoms with Crippen LogP contribution in [0.5, 0.6) is 0 Å². The average Bonchev–Trinajstić information content (AvgIpc) is 2.65. The highest BCUT2D eigenvalue weighted by atomic mass is 35.5. The minimum atomic E-state index is -0.955. The van der Waals surface area contributed by atoms with Crippen molar-refractivity contribution in [1.82, 2.24) is 9.78 Å². The summed E-state index contributed by atoms with van der Waals surface area (Å²) in [5.41, 5.74) is -0.163. The lowest BCUT2D eigenvalue weighted by atomic mass is 10.1. The van der Waals surface area contributed by atoms with Crippen LogP contribution in [-0.4, -0.2) is 21.0 Å². The summed E-state index contributed by atoms with van der Waals surface area (Å²) in [7, 11) is 1.52. The van der Waals surface area contributed by atoms with Gasteiger partial charge in [-0.1, -0.05) is 11.6 Å². The first kappa shape index (κ1) is 13.2. The van der Waals surface area contributed by atoms with Crippen LogP contribution >= 0.6 is 11.6 Å². The molecule has 0 atom stereocenters. The number of hydrogen-bond donors (Lipinski definition) is 0. The summed E-state index contributed by atoms with van der Waals surface area (Å²) in [5, 5.41) is 14.8. The molecule has 0 saturated heterocycles. The second kappa shape index (κ2) is 4.77. The molecule has 1 aromatic carbocycles. The molecule has 0 N–H and O–H groups in total. The molecule has 1 aromatic heterocycles. The molecule has 0 amide bonds. The number of aldehydes is 1. The van der Waals surface area contributed by atoms with Crippen LogP contribution in [0.3, 0.4) is 0 Å². The number of aromatic nitrogens is 2. The van der Waals surface area contributed by atoms with E-state index >= 15 is 0 Å². The molecule has 0 aliphatic carbocycles. The van der Waals surface area contributed by atoms with Crippen LogP contribution in [0.2, 0.25) is 5.15 Å². The topological polar surface area (TPSA) is 78.0 Å². The lowest BCUT2D eigenvalue weighted by molar-refractivity contribution is -0.387. The van der Waals surface area contributed by atoms with Gasteiger partial charge in [-0.15, -0.1) is 0 Å². The van der Waals surface area contributed by atoms with Gasteiger partial charge in [0.15, 0.2) is 6.29 Å². The number of halogens is 2. The Morgan fingerprint density at radius 3 is 2.79 bits per heavy atom. The minimum absolute atomic E-state index is 0.102. The molecule has 0 fully saturated rings. The van der Waals surface area contributed by atoms with E-state index in [-0.39, 0.29) is 22.0 Å². The Morgan fingerprint density at radius 2 is 2.21 bits per heavy atom. The number of nitro groups is 1. The highest BCUT2D eigenvalue weighted by molar-refractivity contribution is 6.32. The molecular formula is C11H7ClFN3O3. The van der Waals surface area contributed by atoms with E-state index in [1.165, 1.54) is 17.8 Å². The predicted octanol–water partition coefficient (Wildman–Crippen LogP) is 2.60. The van der Waals surface area contributed by atoms with Crippen molar-refractivity contribution in [3.63, 3.8) is 0 Å². The SMILES string of the molecule is Cn1nc(-c2ccc(F)c([N+](=O)[O-])c2)c(C=O)c1Cl. The quantitative estimate of drug-likeness (QED) is 0.493. The summed E-state index contributed by atoms with van der Waals surface area (Å²) < 4.78 is 14.5. The van der Waals surface area contributed by atoms with Crippen molar-refractivity contribution >= 4 is 23.6 Å². The molecule has 19 heavy (non-hydrogen) atoms. The van der Waals surface area contributed by atoms with Gasteiger partial charge in [0, 0.05) is 18.7 Å². The number of carbonyl (C=O) groups excluding carboxylic acids is 1. The molecule has 8 heteroatoms. The third-order valence-corrected chi connectivity index (χ3v) is 2.99. The van der Waals surface area contributed by atoms with Gasteiger partial charge in [-0.25, -0.2) is 0 Å². The zero-order valence-corrected chi connectivity index (χ0v) is 10.4. The number of carbonyl (C=O) groups is 1. The van der Waals surface area contributed by atoms with Gasteiger partial charge in [-0.3, -0.25) is 19.6 Å². The van der Waals surface area contributed by atoms with E-state index in [0.29, 0.717) is 6.29 Å². The van der Waals surface area contributed by atoms with Crippen LogP contribution in [0.1, 0.15) is 10.4 Å². The number of aryl methyl sites for hydroxylation is 1. The Labute approximate surface area is 111 Å². The molecule has 0 aliphatic heterocycles. The van der Waals surface area contributed by atoms with Gasteiger partial charge in [0.25, 0.3) is 0 Å². The average molecular weight is 284 g/mol. The smallest absolute Gasteiger partial charge is 0.298 e. The Hall–Kier alpha value is -2.28. The van der Waals surface area contributed by atoms with Crippen molar-refractivity contribution in [3.8, 4) is 11.3 Å². The van der Waals surface area contributed by atoms with Gasteiger partial charge < -0.3 is 0 Å². The van der Waals surface area contributed by atoms with Crippen LogP contribution in [0.4, 0.5) is 10.1 Å². The highest BCUT2D eigenvalue weighted by Crippen LogP contribution is 2.30. The van der Waals surface area contributed by atoms with Crippen molar-refractivity contribution in [1.29, 1.82) is 0 Å². The van der Waals surface area contributed by atoms with Crippen molar-refractivity contribution < 1.29 is 14.1 Å². The third kappa shape index (κ3) is 2.19. The second-order valence-electron chi connectivity index (χ2n) is 3.72.